The third-order valence-corrected chi connectivity index (χ3v) is 12.1. The Labute approximate surface area is 186 Å². The summed E-state index contributed by atoms with van der Waals surface area (Å²) in [5, 5.41) is 2.50. The summed E-state index contributed by atoms with van der Waals surface area (Å²) in [6.07, 6.45) is 0.931. The van der Waals surface area contributed by atoms with Gasteiger partial charge in [-0.3, -0.25) is 9.69 Å². The summed E-state index contributed by atoms with van der Waals surface area (Å²) in [6, 6.07) is 21.0. The monoisotopic (exact) mass is 438 g/mol. The van der Waals surface area contributed by atoms with Crippen LogP contribution in [0.25, 0.3) is 0 Å². The Morgan fingerprint density at radius 3 is 2.13 bits per heavy atom. The number of nitrogens with two attached hydrogens (primary N) is 1. The van der Waals surface area contributed by atoms with Crippen molar-refractivity contribution in [2.24, 2.45) is 11.7 Å². The number of cyclic esters (lactones) is 1. The first-order valence-corrected chi connectivity index (χ1v) is 13.1. The van der Waals surface area contributed by atoms with Crippen molar-refractivity contribution in [2.45, 2.75) is 50.4 Å². The van der Waals surface area contributed by atoms with Crippen LogP contribution in [0.15, 0.2) is 60.7 Å². The number of carbonyl (C=O) groups is 1. The molecule has 2 aliphatic rings. The van der Waals surface area contributed by atoms with Gasteiger partial charge in [0.1, 0.15) is 6.04 Å². The van der Waals surface area contributed by atoms with Gasteiger partial charge >= 0.3 is 5.97 Å². The minimum Gasteiger partial charge on any atom is -0.464 e. The molecule has 31 heavy (non-hydrogen) atoms. The number of carbonyl (C=O) groups excluding carboxylic acids is 1. The van der Waals surface area contributed by atoms with E-state index in [-0.39, 0.29) is 29.0 Å². The molecule has 2 aliphatic heterocycles. The molecule has 0 spiro atoms. The van der Waals surface area contributed by atoms with Crippen molar-refractivity contribution in [3.63, 3.8) is 0 Å². The molecule has 4 atom stereocenters. The molecule has 0 unspecified atom stereocenters. The van der Waals surface area contributed by atoms with E-state index < -0.39 is 14.4 Å². The molecule has 0 aliphatic carbocycles. The fraction of sp³-hybridized carbons (Fsp3) is 0.480. The first-order chi connectivity index (χ1) is 14.8. The maximum atomic E-state index is 12.0. The van der Waals surface area contributed by atoms with Gasteiger partial charge in [-0.15, -0.1) is 0 Å². The number of hydrogen-bond donors (Lipinski definition) is 1. The quantitative estimate of drug-likeness (QED) is 0.572. The molecule has 6 heteroatoms. The summed E-state index contributed by atoms with van der Waals surface area (Å²) < 4.78 is 12.4. The Balaban J connectivity index is 1.67. The lowest BCUT2D eigenvalue weighted by Crippen LogP contribution is -2.67. The second-order valence-electron chi connectivity index (χ2n) is 9.94. The molecular formula is C25H34N2O3Si. The summed E-state index contributed by atoms with van der Waals surface area (Å²) in [7, 11) is -0.510. The lowest BCUT2D eigenvalue weighted by molar-refractivity contribution is -0.154. The van der Waals surface area contributed by atoms with Crippen molar-refractivity contribution in [1.29, 1.82) is 0 Å². The highest BCUT2D eigenvalue weighted by Gasteiger charge is 2.52. The van der Waals surface area contributed by atoms with E-state index in [1.54, 1.807) is 0 Å². The van der Waals surface area contributed by atoms with Crippen LogP contribution < -0.4 is 16.1 Å². The minimum absolute atomic E-state index is 0.0222. The summed E-state index contributed by atoms with van der Waals surface area (Å²) in [6.45, 7) is 7.94. The molecule has 0 amide bonds. The maximum absolute atomic E-state index is 12.0. The molecular weight excluding hydrogens is 404 g/mol. The number of likely N-dealkylation sites (N-methyl/N-ethyl adjacent to an activating group) is 1. The Hall–Kier alpha value is -1.99. The number of rotatable bonds is 5. The molecule has 0 radical (unpaired) electrons. The van der Waals surface area contributed by atoms with Gasteiger partial charge in [-0.25, -0.2) is 0 Å². The van der Waals surface area contributed by atoms with Crippen molar-refractivity contribution in [3.05, 3.63) is 60.7 Å². The lowest BCUT2D eigenvalue weighted by Gasteiger charge is -2.44. The summed E-state index contributed by atoms with van der Waals surface area (Å²) in [5.41, 5.74) is 6.20. The van der Waals surface area contributed by atoms with Crippen LogP contribution in [-0.2, 0) is 14.0 Å². The first kappa shape index (κ1) is 22.2. The van der Waals surface area contributed by atoms with Crippen LogP contribution in [-0.4, -0.2) is 57.6 Å². The Kier molecular flexibility index (Phi) is 6.09. The van der Waals surface area contributed by atoms with E-state index >= 15 is 0 Å². The highest BCUT2D eigenvalue weighted by molar-refractivity contribution is 6.99. The van der Waals surface area contributed by atoms with Gasteiger partial charge < -0.3 is 14.9 Å². The SMILES string of the molecule is CN1[C@H](CO[Si](c2ccccc2)(c2ccccc2)C(C)(C)C)C[C@@H]2COC(=O)[C@@H](N)[C@@H]21. The Morgan fingerprint density at radius 2 is 1.61 bits per heavy atom. The number of benzene rings is 2. The Morgan fingerprint density at radius 1 is 1.06 bits per heavy atom. The lowest BCUT2D eigenvalue weighted by atomic mass is 9.92. The smallest absolute Gasteiger partial charge is 0.324 e. The fourth-order valence-corrected chi connectivity index (χ4v) is 10.1. The van der Waals surface area contributed by atoms with Crippen LogP contribution in [0.1, 0.15) is 27.2 Å². The predicted molar refractivity (Wildman–Crippen MR) is 126 cm³/mol. The molecule has 0 aromatic heterocycles. The van der Waals surface area contributed by atoms with Crippen molar-refractivity contribution in [2.75, 3.05) is 20.3 Å². The van der Waals surface area contributed by atoms with Crippen LogP contribution in [0, 0.1) is 5.92 Å². The third kappa shape index (κ3) is 3.87. The van der Waals surface area contributed by atoms with Crippen LogP contribution in [0.5, 0.6) is 0 Å². The van der Waals surface area contributed by atoms with E-state index in [0.29, 0.717) is 13.2 Å². The van der Waals surface area contributed by atoms with Gasteiger partial charge in [0.05, 0.1) is 13.2 Å². The van der Waals surface area contributed by atoms with E-state index in [0.717, 1.165) is 6.42 Å². The molecule has 2 fully saturated rings. The molecule has 166 valence electrons. The molecule has 0 saturated carbocycles. The van der Waals surface area contributed by atoms with Gasteiger partial charge in [-0.1, -0.05) is 81.4 Å². The van der Waals surface area contributed by atoms with Gasteiger partial charge in [0.25, 0.3) is 8.32 Å². The molecule has 4 rings (SSSR count). The number of nitrogens with zero attached hydrogens (tertiary/aromatic N) is 1. The third-order valence-electron chi connectivity index (χ3n) is 7.09. The van der Waals surface area contributed by atoms with Gasteiger partial charge in [-0.2, -0.15) is 0 Å². The number of fused-ring (bicyclic) bond motifs is 1. The number of esters is 1. The predicted octanol–water partition coefficient (Wildman–Crippen LogP) is 2.14. The van der Waals surface area contributed by atoms with E-state index in [9.17, 15) is 4.79 Å². The molecule has 2 heterocycles. The highest BCUT2D eigenvalue weighted by atomic mass is 28.4. The Bertz CT molecular complexity index is 860. The number of ether oxygens (including phenoxy) is 1. The van der Waals surface area contributed by atoms with Crippen LogP contribution in [0.4, 0.5) is 0 Å². The summed E-state index contributed by atoms with van der Waals surface area (Å²) in [4.78, 5) is 14.3. The van der Waals surface area contributed by atoms with E-state index in [1.807, 2.05) is 0 Å². The first-order valence-electron chi connectivity index (χ1n) is 11.1. The van der Waals surface area contributed by atoms with Gasteiger partial charge in [0.15, 0.2) is 0 Å². The van der Waals surface area contributed by atoms with E-state index in [4.69, 9.17) is 14.9 Å². The highest BCUT2D eigenvalue weighted by Crippen LogP contribution is 2.39. The van der Waals surface area contributed by atoms with E-state index in [1.165, 1.54) is 10.4 Å². The van der Waals surface area contributed by atoms with Crippen molar-refractivity contribution in [3.8, 4) is 0 Å². The van der Waals surface area contributed by atoms with Gasteiger partial charge in [-0.05, 0) is 28.9 Å². The van der Waals surface area contributed by atoms with Gasteiger partial charge in [0.2, 0.25) is 0 Å². The van der Waals surface area contributed by atoms with Crippen molar-refractivity contribution < 1.29 is 14.0 Å². The van der Waals surface area contributed by atoms with Crippen molar-refractivity contribution >= 4 is 24.7 Å². The van der Waals surface area contributed by atoms with E-state index in [2.05, 4.69) is 93.4 Å². The zero-order valence-corrected chi connectivity index (χ0v) is 20.0. The zero-order chi connectivity index (χ0) is 22.2. The number of hydrogen-bond acceptors (Lipinski definition) is 5. The van der Waals surface area contributed by atoms with Crippen LogP contribution in [0.3, 0.4) is 0 Å². The normalized spacial score (nSPS) is 27.1. The minimum atomic E-state index is -2.58. The molecule has 2 saturated heterocycles. The molecule has 2 aromatic carbocycles. The molecule has 5 nitrogen and oxygen atoms in total. The second kappa shape index (κ2) is 8.51. The molecule has 0 bridgehead atoms. The summed E-state index contributed by atoms with van der Waals surface area (Å²) >= 11 is 0. The van der Waals surface area contributed by atoms with Crippen LogP contribution >= 0.6 is 0 Å². The number of likely N-dealkylation sites (tertiary alicyclic amines) is 1. The van der Waals surface area contributed by atoms with Gasteiger partial charge in [0, 0.05) is 18.0 Å². The standard InChI is InChI=1S/C25H34N2O3Si/c1-25(2,3)31(20-11-7-5-8-12-20,21-13-9-6-10-14-21)30-17-19-15-18-16-29-24(28)22(26)23(18)27(19)4/h5-14,18-19,22-23H,15-17,26H2,1-4H3/t18-,19+,22+,23-/m1/s1. The maximum Gasteiger partial charge on any atom is 0.324 e. The molecule has 2 aromatic rings. The zero-order valence-electron chi connectivity index (χ0n) is 19.0. The molecule has 2 N–H and O–H groups in total. The average Bonchev–Trinajstić information content (AvgIpc) is 3.08. The largest absolute Gasteiger partial charge is 0.464 e. The van der Waals surface area contributed by atoms with Crippen LogP contribution in [0.2, 0.25) is 5.04 Å². The average molecular weight is 439 g/mol. The second-order valence-corrected chi connectivity index (χ2v) is 14.2. The topological polar surface area (TPSA) is 64.8 Å². The fourth-order valence-electron chi connectivity index (χ4n) is 5.54. The summed E-state index contributed by atoms with van der Waals surface area (Å²) in [5.74, 6) is -0.0212. The van der Waals surface area contributed by atoms with Crippen molar-refractivity contribution in [1.82, 2.24) is 4.90 Å².